The number of aryl methyl sites for hydroxylation is 1. The number of benzene rings is 1. The Labute approximate surface area is 108 Å². The molecule has 0 radical (unpaired) electrons. The predicted molar refractivity (Wildman–Crippen MR) is 69.9 cm³/mol. The lowest BCUT2D eigenvalue weighted by Gasteiger charge is -2.06. The van der Waals surface area contributed by atoms with E-state index in [-0.39, 0.29) is 5.69 Å². The zero-order valence-corrected chi connectivity index (χ0v) is 10.8. The smallest absolute Gasteiger partial charge is 0.269 e. The van der Waals surface area contributed by atoms with Crippen molar-refractivity contribution < 1.29 is 4.92 Å². The van der Waals surface area contributed by atoms with E-state index in [1.54, 1.807) is 6.07 Å². The minimum atomic E-state index is -0.409. The minimum absolute atomic E-state index is 0.0773. The lowest BCUT2D eigenvalue weighted by molar-refractivity contribution is -0.384. The Kier molecular flexibility index (Phi) is 3.24. The largest absolute Gasteiger partial charge is 0.300 e. The first-order valence-corrected chi connectivity index (χ1v) is 5.86. The van der Waals surface area contributed by atoms with Gasteiger partial charge in [-0.05, 0) is 37.7 Å². The Morgan fingerprint density at radius 2 is 2.28 bits per heavy atom. The van der Waals surface area contributed by atoms with Crippen LogP contribution in [0.5, 0.6) is 0 Å². The maximum atomic E-state index is 10.7. The number of aromatic amines is 1. The Hall–Kier alpha value is -2.02. The van der Waals surface area contributed by atoms with Crippen molar-refractivity contribution >= 4 is 17.9 Å². The summed E-state index contributed by atoms with van der Waals surface area (Å²) in [7, 11) is 0. The number of H-pyrrole nitrogens is 1. The predicted octanol–water partition coefficient (Wildman–Crippen LogP) is 2.84. The van der Waals surface area contributed by atoms with Crippen LogP contribution in [0.2, 0.25) is 0 Å². The molecule has 0 saturated carbocycles. The molecule has 0 saturated heterocycles. The first kappa shape index (κ1) is 12.4. The fourth-order valence-electron chi connectivity index (χ4n) is 1.83. The Balaban J connectivity index is 2.58. The van der Waals surface area contributed by atoms with E-state index in [1.165, 1.54) is 12.1 Å². The molecule has 0 aliphatic rings. The summed E-state index contributed by atoms with van der Waals surface area (Å²) >= 11 is 5.12. The zero-order chi connectivity index (χ0) is 13.3. The summed E-state index contributed by atoms with van der Waals surface area (Å²) in [5.74, 6) is 0.704. The second-order valence-corrected chi connectivity index (χ2v) is 4.24. The van der Waals surface area contributed by atoms with Gasteiger partial charge < -0.3 is 4.57 Å². The molecule has 0 aliphatic heterocycles. The van der Waals surface area contributed by atoms with Crippen molar-refractivity contribution in [1.82, 2.24) is 14.8 Å². The molecule has 0 bridgehead atoms. The summed E-state index contributed by atoms with van der Waals surface area (Å²) in [6, 6.07) is 4.71. The van der Waals surface area contributed by atoms with Crippen LogP contribution in [-0.2, 0) is 6.54 Å². The molecule has 0 aliphatic carbocycles. The van der Waals surface area contributed by atoms with Gasteiger partial charge in [-0.15, -0.1) is 0 Å². The molecule has 0 amide bonds. The van der Waals surface area contributed by atoms with Crippen LogP contribution in [0, 0.1) is 21.8 Å². The van der Waals surface area contributed by atoms with Gasteiger partial charge in [-0.1, -0.05) is 0 Å². The van der Waals surface area contributed by atoms with E-state index in [0.717, 1.165) is 11.1 Å². The fraction of sp³-hybridized carbons (Fsp3) is 0.273. The SMILES string of the molecule is CCn1c(-c2ccc([N+](=O)[O-])cc2C)n[nH]c1=S. The number of nitrogens with zero attached hydrogens (tertiary/aromatic N) is 3. The van der Waals surface area contributed by atoms with Crippen LogP contribution in [0.3, 0.4) is 0 Å². The number of nitro groups is 1. The van der Waals surface area contributed by atoms with Crippen LogP contribution >= 0.6 is 12.2 Å². The van der Waals surface area contributed by atoms with Crippen LogP contribution < -0.4 is 0 Å². The molecule has 0 fully saturated rings. The Morgan fingerprint density at radius 1 is 1.56 bits per heavy atom. The van der Waals surface area contributed by atoms with Crippen LogP contribution in [0.15, 0.2) is 18.2 Å². The van der Waals surface area contributed by atoms with Gasteiger partial charge in [0.2, 0.25) is 0 Å². The maximum absolute atomic E-state index is 10.7. The standard InChI is InChI=1S/C11H12N4O2S/c1-3-14-10(12-13-11(14)18)9-5-4-8(15(16)17)6-7(9)2/h4-6H,3H2,1-2H3,(H,13,18). The van der Waals surface area contributed by atoms with E-state index in [2.05, 4.69) is 10.2 Å². The number of nitrogens with one attached hydrogen (secondary N) is 1. The highest BCUT2D eigenvalue weighted by atomic mass is 32.1. The van der Waals surface area contributed by atoms with Crippen LogP contribution in [0.1, 0.15) is 12.5 Å². The van der Waals surface area contributed by atoms with Gasteiger partial charge in [-0.25, -0.2) is 0 Å². The van der Waals surface area contributed by atoms with Crippen LogP contribution in [0.4, 0.5) is 5.69 Å². The Morgan fingerprint density at radius 3 is 2.83 bits per heavy atom. The van der Waals surface area contributed by atoms with Crippen LogP contribution in [0.25, 0.3) is 11.4 Å². The van der Waals surface area contributed by atoms with Crippen molar-refractivity contribution in [2.75, 3.05) is 0 Å². The third-order valence-electron chi connectivity index (χ3n) is 2.74. The average molecular weight is 264 g/mol. The van der Waals surface area contributed by atoms with Gasteiger partial charge in [0, 0.05) is 24.2 Å². The molecular formula is C11H12N4O2S. The minimum Gasteiger partial charge on any atom is -0.300 e. The molecule has 7 heteroatoms. The summed E-state index contributed by atoms with van der Waals surface area (Å²) in [5, 5.41) is 17.6. The molecule has 1 heterocycles. The number of aromatic nitrogens is 3. The topological polar surface area (TPSA) is 76.8 Å². The van der Waals surface area contributed by atoms with Gasteiger partial charge in [0.15, 0.2) is 10.6 Å². The number of hydrogen-bond acceptors (Lipinski definition) is 4. The summed E-state index contributed by atoms with van der Waals surface area (Å²) in [5.41, 5.74) is 1.72. The van der Waals surface area contributed by atoms with Crippen molar-refractivity contribution in [3.8, 4) is 11.4 Å². The summed E-state index contributed by atoms with van der Waals surface area (Å²) < 4.78 is 2.40. The average Bonchev–Trinajstić information content (AvgIpc) is 2.70. The summed E-state index contributed by atoms with van der Waals surface area (Å²) in [6.45, 7) is 4.48. The molecule has 0 atom stereocenters. The van der Waals surface area contributed by atoms with Crippen molar-refractivity contribution in [2.45, 2.75) is 20.4 Å². The first-order valence-electron chi connectivity index (χ1n) is 5.45. The highest BCUT2D eigenvalue weighted by molar-refractivity contribution is 7.71. The monoisotopic (exact) mass is 264 g/mol. The molecule has 6 nitrogen and oxygen atoms in total. The van der Waals surface area contributed by atoms with Gasteiger partial charge in [0.05, 0.1) is 4.92 Å². The van der Waals surface area contributed by atoms with E-state index >= 15 is 0 Å². The van der Waals surface area contributed by atoms with Gasteiger partial charge in [0.25, 0.3) is 5.69 Å². The second-order valence-electron chi connectivity index (χ2n) is 3.85. The quantitative estimate of drug-likeness (QED) is 0.525. The molecule has 2 rings (SSSR count). The van der Waals surface area contributed by atoms with E-state index in [1.807, 2.05) is 18.4 Å². The molecular weight excluding hydrogens is 252 g/mol. The molecule has 1 aromatic heterocycles. The number of non-ortho nitro benzene ring substituents is 1. The van der Waals surface area contributed by atoms with Crippen molar-refractivity contribution in [3.05, 3.63) is 38.6 Å². The number of nitro benzene ring substituents is 1. The summed E-state index contributed by atoms with van der Waals surface area (Å²) in [4.78, 5) is 10.3. The lowest BCUT2D eigenvalue weighted by Crippen LogP contribution is -1.99. The van der Waals surface area contributed by atoms with Crippen LogP contribution in [-0.4, -0.2) is 19.7 Å². The van der Waals surface area contributed by atoms with E-state index in [9.17, 15) is 10.1 Å². The van der Waals surface area contributed by atoms with Crippen molar-refractivity contribution in [2.24, 2.45) is 0 Å². The molecule has 1 N–H and O–H groups in total. The summed E-state index contributed by atoms with van der Waals surface area (Å²) in [6.07, 6.45) is 0. The van der Waals surface area contributed by atoms with Crippen molar-refractivity contribution in [1.29, 1.82) is 0 Å². The van der Waals surface area contributed by atoms with Crippen molar-refractivity contribution in [3.63, 3.8) is 0 Å². The third-order valence-corrected chi connectivity index (χ3v) is 3.05. The third kappa shape index (κ3) is 2.04. The second kappa shape index (κ2) is 4.69. The zero-order valence-electron chi connectivity index (χ0n) is 10.0. The molecule has 1 aromatic carbocycles. The number of rotatable bonds is 3. The fourth-order valence-corrected chi connectivity index (χ4v) is 2.09. The molecule has 18 heavy (non-hydrogen) atoms. The van der Waals surface area contributed by atoms with E-state index in [0.29, 0.717) is 17.1 Å². The normalized spacial score (nSPS) is 10.6. The van der Waals surface area contributed by atoms with Gasteiger partial charge in [0.1, 0.15) is 0 Å². The molecule has 0 spiro atoms. The first-order chi connectivity index (χ1) is 8.54. The highest BCUT2D eigenvalue weighted by Crippen LogP contribution is 2.25. The highest BCUT2D eigenvalue weighted by Gasteiger charge is 2.13. The molecule has 2 aromatic rings. The Bertz CT molecular complexity index is 659. The van der Waals surface area contributed by atoms with E-state index in [4.69, 9.17) is 12.2 Å². The molecule has 0 unspecified atom stereocenters. The van der Waals surface area contributed by atoms with Gasteiger partial charge >= 0.3 is 0 Å². The number of hydrogen-bond donors (Lipinski definition) is 1. The van der Waals surface area contributed by atoms with Gasteiger partial charge in [-0.3, -0.25) is 15.2 Å². The van der Waals surface area contributed by atoms with Gasteiger partial charge in [-0.2, -0.15) is 5.10 Å². The van der Waals surface area contributed by atoms with E-state index < -0.39 is 4.92 Å². The maximum Gasteiger partial charge on any atom is 0.269 e. The lowest BCUT2D eigenvalue weighted by atomic mass is 10.1. The molecule has 94 valence electrons.